The van der Waals surface area contributed by atoms with Crippen molar-refractivity contribution in [3.05, 3.63) is 135 Å². The summed E-state index contributed by atoms with van der Waals surface area (Å²) in [6.45, 7) is 5.83. The van der Waals surface area contributed by atoms with Crippen LogP contribution in [-0.2, 0) is 19.2 Å². The summed E-state index contributed by atoms with van der Waals surface area (Å²) in [6, 6.07) is 22.9. The van der Waals surface area contributed by atoms with Crippen LogP contribution in [0.25, 0.3) is 0 Å². The Morgan fingerprint density at radius 3 is 1.45 bits per heavy atom. The number of nitrogens with one attached hydrogen (secondary N) is 4. The third-order valence-electron chi connectivity index (χ3n) is 9.23. The van der Waals surface area contributed by atoms with Gasteiger partial charge in [-0.2, -0.15) is 20.5 Å². The first-order valence-corrected chi connectivity index (χ1v) is 21.6. The molecule has 4 amide bonds. The Morgan fingerprint density at radius 1 is 0.569 bits per heavy atom. The second-order valence-corrected chi connectivity index (χ2v) is 16.4. The van der Waals surface area contributed by atoms with Crippen molar-refractivity contribution in [2.45, 2.75) is 50.5 Å². The van der Waals surface area contributed by atoms with E-state index in [0.29, 0.717) is 22.5 Å². The van der Waals surface area contributed by atoms with Crippen molar-refractivity contribution in [2.24, 2.45) is 20.5 Å². The fraction of sp³-hybridized carbons (Fsp3) is 0.200. The predicted molar refractivity (Wildman–Crippen MR) is 253 cm³/mol. The first-order chi connectivity index (χ1) is 31.0. The lowest BCUT2D eigenvalue weighted by molar-refractivity contribution is -0.127. The van der Waals surface area contributed by atoms with Gasteiger partial charge in [-0.15, -0.1) is 23.2 Å². The molecule has 5 aromatic rings. The summed E-state index contributed by atoms with van der Waals surface area (Å²) in [5.74, 6) is -4.23. The standard InChI is InChI=1S/C45H39Cl5N8O7/c1-23(47)30-9-5-7-11-36(30)52-42(61)32-19-28(13-16-34(32)49)55-57-40(25(3)59)44(63)51-27-15-18-38(39(21-27)65-22-46)54-45(64)41(26(4)60)58-56-29-14-17-35(50)33(20-29)43(62)53-37-12-8-6-10-31(37)24(2)48/h5-21,23-24,40-41H,22H2,1-4H3,(H,51,63)(H,52,61)(H,53,62)(H,54,64). The molecule has 4 atom stereocenters. The average Bonchev–Trinajstić information content (AvgIpc) is 3.25. The number of anilines is 4. The molecular formula is C45H39Cl5N8O7. The number of nitrogens with zero attached hydrogens (tertiary/aromatic N) is 4. The van der Waals surface area contributed by atoms with Gasteiger partial charge >= 0.3 is 0 Å². The molecule has 0 aromatic heterocycles. The SMILES string of the molecule is CC(=O)C(N=Nc1ccc(Cl)c(C(=O)Nc2ccccc2C(C)Cl)c1)C(=O)Nc1ccc(NC(=O)C(N=Nc2ccc(Cl)c(C(=O)Nc3ccccc3C(C)Cl)c2)C(C)=O)c(OCCl)c1. The third-order valence-corrected chi connectivity index (χ3v) is 10.5. The highest BCUT2D eigenvalue weighted by molar-refractivity contribution is 6.35. The van der Waals surface area contributed by atoms with Gasteiger partial charge in [0.15, 0.2) is 17.6 Å². The maximum Gasteiger partial charge on any atom is 0.258 e. The molecule has 0 heterocycles. The third kappa shape index (κ3) is 13.4. The van der Waals surface area contributed by atoms with Gasteiger partial charge in [-0.1, -0.05) is 71.2 Å². The summed E-state index contributed by atoms with van der Waals surface area (Å²) < 4.78 is 5.49. The number of alkyl halides is 3. The number of para-hydroxylation sites is 2. The fourth-order valence-corrected chi connectivity index (χ4v) is 6.88. The number of hydrogen-bond acceptors (Lipinski definition) is 11. The lowest BCUT2D eigenvalue weighted by Gasteiger charge is -2.15. The van der Waals surface area contributed by atoms with Crippen molar-refractivity contribution in [1.82, 2.24) is 0 Å². The van der Waals surface area contributed by atoms with Crippen LogP contribution >= 0.6 is 58.0 Å². The normalized spacial score (nSPS) is 13.1. The van der Waals surface area contributed by atoms with E-state index in [4.69, 9.17) is 62.7 Å². The zero-order valence-corrected chi connectivity index (χ0v) is 38.6. The maximum absolute atomic E-state index is 13.4. The molecule has 0 aliphatic carbocycles. The monoisotopic (exact) mass is 978 g/mol. The Hall–Kier alpha value is -6.23. The van der Waals surface area contributed by atoms with Gasteiger partial charge in [0.2, 0.25) is 12.1 Å². The number of ether oxygens (including phenoxy) is 1. The van der Waals surface area contributed by atoms with Crippen molar-refractivity contribution in [3.63, 3.8) is 0 Å². The highest BCUT2D eigenvalue weighted by atomic mass is 35.5. The van der Waals surface area contributed by atoms with Crippen LogP contribution in [-0.4, -0.2) is 53.3 Å². The smallest absolute Gasteiger partial charge is 0.258 e. The van der Waals surface area contributed by atoms with Gasteiger partial charge in [0.05, 0.1) is 49.0 Å². The number of carbonyl (C=O) groups excluding carboxylic acids is 6. The molecule has 0 bridgehead atoms. The van der Waals surface area contributed by atoms with E-state index >= 15 is 0 Å². The van der Waals surface area contributed by atoms with Crippen molar-refractivity contribution < 1.29 is 33.5 Å². The van der Waals surface area contributed by atoms with Crippen molar-refractivity contribution in [2.75, 3.05) is 27.3 Å². The van der Waals surface area contributed by atoms with E-state index in [9.17, 15) is 28.8 Å². The van der Waals surface area contributed by atoms with E-state index < -0.39 is 47.3 Å². The van der Waals surface area contributed by atoms with Crippen LogP contribution in [0.5, 0.6) is 5.75 Å². The highest BCUT2D eigenvalue weighted by Gasteiger charge is 2.27. The van der Waals surface area contributed by atoms with Gasteiger partial charge in [0.25, 0.3) is 23.6 Å². The molecule has 20 heteroatoms. The number of rotatable bonds is 18. The largest absolute Gasteiger partial charge is 0.476 e. The van der Waals surface area contributed by atoms with E-state index in [-0.39, 0.29) is 66.5 Å². The first kappa shape index (κ1) is 49.8. The van der Waals surface area contributed by atoms with Crippen LogP contribution in [0.3, 0.4) is 0 Å². The Balaban J connectivity index is 1.28. The molecule has 15 nitrogen and oxygen atoms in total. The summed E-state index contributed by atoms with van der Waals surface area (Å²) in [4.78, 5) is 78.5. The summed E-state index contributed by atoms with van der Waals surface area (Å²) in [6.07, 6.45) is 0. The average molecular weight is 981 g/mol. The van der Waals surface area contributed by atoms with Gasteiger partial charge in [-0.3, -0.25) is 28.8 Å². The number of halogens is 5. The summed E-state index contributed by atoms with van der Waals surface area (Å²) >= 11 is 31.1. The first-order valence-electron chi connectivity index (χ1n) is 19.4. The summed E-state index contributed by atoms with van der Waals surface area (Å²) in [5, 5.41) is 26.2. The number of benzene rings is 5. The second-order valence-electron chi connectivity index (χ2n) is 14.0. The Morgan fingerprint density at radius 2 is 1.02 bits per heavy atom. The zero-order chi connectivity index (χ0) is 47.4. The highest BCUT2D eigenvalue weighted by Crippen LogP contribution is 2.33. The number of azo groups is 2. The minimum absolute atomic E-state index is 0.0278. The molecule has 0 saturated heterocycles. The molecule has 65 heavy (non-hydrogen) atoms. The number of carbonyl (C=O) groups is 6. The zero-order valence-electron chi connectivity index (χ0n) is 34.9. The number of Topliss-reactive ketones (excluding diaryl/α,β-unsaturated/α-hetero) is 2. The van der Waals surface area contributed by atoms with E-state index in [1.165, 1.54) is 54.6 Å². The number of amides is 4. The Bertz CT molecular complexity index is 2700. The minimum atomic E-state index is -1.65. The van der Waals surface area contributed by atoms with Crippen LogP contribution in [0.1, 0.15) is 70.3 Å². The predicted octanol–water partition coefficient (Wildman–Crippen LogP) is 12.0. The van der Waals surface area contributed by atoms with Crippen molar-refractivity contribution in [1.29, 1.82) is 0 Å². The summed E-state index contributed by atoms with van der Waals surface area (Å²) in [7, 11) is 0. The molecule has 4 unspecified atom stereocenters. The van der Waals surface area contributed by atoms with Gasteiger partial charge < -0.3 is 26.0 Å². The molecule has 0 radical (unpaired) electrons. The molecule has 0 fully saturated rings. The Kier molecular flexibility index (Phi) is 17.7. The molecule has 5 rings (SSSR count). The quantitative estimate of drug-likeness (QED) is 0.0379. The molecular weight excluding hydrogens is 942 g/mol. The van der Waals surface area contributed by atoms with Crippen molar-refractivity contribution >= 4 is 127 Å². The van der Waals surface area contributed by atoms with E-state index in [2.05, 4.69) is 41.7 Å². The van der Waals surface area contributed by atoms with Crippen LogP contribution in [0.15, 0.2) is 124 Å². The molecule has 0 saturated carbocycles. The summed E-state index contributed by atoms with van der Waals surface area (Å²) in [5.41, 5.74) is 2.86. The van der Waals surface area contributed by atoms with Gasteiger partial charge in [-0.05, 0) is 99.5 Å². The molecule has 0 aliphatic heterocycles. The molecule has 336 valence electrons. The second kappa shape index (κ2) is 23.1. The number of ketones is 2. The molecule has 0 aliphatic rings. The van der Waals surface area contributed by atoms with Gasteiger partial charge in [0.1, 0.15) is 5.75 Å². The van der Waals surface area contributed by atoms with Gasteiger partial charge in [-0.25, -0.2) is 0 Å². The fourth-order valence-electron chi connectivity index (χ4n) is 5.97. The minimum Gasteiger partial charge on any atom is -0.476 e. The van der Waals surface area contributed by atoms with E-state index in [1.54, 1.807) is 62.4 Å². The van der Waals surface area contributed by atoms with Crippen molar-refractivity contribution in [3.8, 4) is 5.75 Å². The topological polar surface area (TPSA) is 209 Å². The number of hydrogen-bond donors (Lipinski definition) is 4. The van der Waals surface area contributed by atoms with Crippen LogP contribution in [0.2, 0.25) is 10.0 Å². The maximum atomic E-state index is 13.4. The van der Waals surface area contributed by atoms with Crippen LogP contribution < -0.4 is 26.0 Å². The molecule has 0 spiro atoms. The lowest BCUT2D eigenvalue weighted by atomic mass is 10.1. The van der Waals surface area contributed by atoms with E-state index in [1.807, 2.05) is 0 Å². The molecule has 4 N–H and O–H groups in total. The van der Waals surface area contributed by atoms with Gasteiger partial charge in [0, 0.05) is 23.1 Å². The lowest BCUT2D eigenvalue weighted by Crippen LogP contribution is -2.32. The van der Waals surface area contributed by atoms with E-state index in [0.717, 1.165) is 13.8 Å². The van der Waals surface area contributed by atoms with Crippen LogP contribution in [0, 0.1) is 0 Å². The molecule has 5 aromatic carbocycles. The van der Waals surface area contributed by atoms with Crippen LogP contribution in [0.4, 0.5) is 34.1 Å². The Labute approximate surface area is 398 Å².